The molecule has 11 heteroatoms. The number of carbonyl (C=O) groups excluding carboxylic acids is 4. The molecule has 6 rings (SSSR count). The molecule has 2 N–H and O–H groups in total. The monoisotopic (exact) mass is 661 g/mol. The number of rotatable bonds is 6. The zero-order valence-electron chi connectivity index (χ0n) is 26.5. The lowest BCUT2D eigenvalue weighted by atomic mass is 9.74. The van der Waals surface area contributed by atoms with E-state index in [4.69, 9.17) is 21.1 Å². The maximum absolute atomic E-state index is 15.0. The van der Waals surface area contributed by atoms with E-state index < -0.39 is 65.4 Å². The maximum atomic E-state index is 15.0. The van der Waals surface area contributed by atoms with E-state index >= 15 is 0 Å². The molecule has 0 saturated carbocycles. The zero-order chi connectivity index (χ0) is 33.3. The molecule has 1 spiro atoms. The van der Waals surface area contributed by atoms with Gasteiger partial charge in [-0.15, -0.1) is 0 Å². The third-order valence-electron chi connectivity index (χ3n) is 10.00. The molecule has 2 saturated heterocycles. The number of carbonyl (C=O) groups is 4. The fraction of sp³-hybridized carbons (Fsp3) is 0.444. The Morgan fingerprint density at radius 2 is 1.79 bits per heavy atom. The molecule has 2 aromatic rings. The highest BCUT2D eigenvalue weighted by Crippen LogP contribution is 2.56. The Hall–Kier alpha value is -3.99. The van der Waals surface area contributed by atoms with Crippen molar-refractivity contribution in [2.75, 3.05) is 24.7 Å². The van der Waals surface area contributed by atoms with Crippen LogP contribution >= 0.6 is 11.6 Å². The number of likely N-dealkylation sites (tertiary alicyclic amines) is 1. The Bertz CT molecular complexity index is 1560. The zero-order valence-corrected chi connectivity index (χ0v) is 27.2. The molecule has 2 fully saturated rings. The van der Waals surface area contributed by atoms with Crippen LogP contribution in [0.4, 0.5) is 5.69 Å². The standard InChI is InChI=1S/C36H40ClN3O7/c1-3-22(2)27(20-41)40-32-35(45)39(25-15-13-24(37)14-16-25)19-9-5-8-12-29(42)46-21-26(23-10-6-4-7-11-23)38-33(43)30-28-17-18-36(32,47-28)31(30)34(40)44/h4-7,9-11,13-18,22,26-28,30-32,41H,3,8,12,19-21H2,1-2H3,(H,38,43)/b9-5-/t22-,26-,27-,28-,30+,31+,32-,36+/m0/s1. The van der Waals surface area contributed by atoms with Gasteiger partial charge in [0, 0.05) is 23.7 Å². The van der Waals surface area contributed by atoms with Crippen molar-refractivity contribution in [3.8, 4) is 0 Å². The molecular weight excluding hydrogens is 622 g/mol. The number of hydrogen-bond acceptors (Lipinski definition) is 7. The van der Waals surface area contributed by atoms with E-state index in [1.807, 2.05) is 50.3 Å². The van der Waals surface area contributed by atoms with Crippen LogP contribution in [0.15, 0.2) is 78.9 Å². The van der Waals surface area contributed by atoms with Gasteiger partial charge in [-0.2, -0.15) is 0 Å². The van der Waals surface area contributed by atoms with Gasteiger partial charge in [0.2, 0.25) is 11.8 Å². The van der Waals surface area contributed by atoms with E-state index in [0.717, 1.165) is 5.56 Å². The minimum atomic E-state index is -1.43. The summed E-state index contributed by atoms with van der Waals surface area (Å²) in [6.07, 6.45) is 7.53. The van der Waals surface area contributed by atoms with E-state index in [-0.39, 0.29) is 32.1 Å². The van der Waals surface area contributed by atoms with Crippen molar-refractivity contribution in [1.82, 2.24) is 10.2 Å². The first kappa shape index (κ1) is 32.9. The lowest BCUT2D eigenvalue weighted by Gasteiger charge is -2.40. The van der Waals surface area contributed by atoms with Crippen LogP contribution in [0.1, 0.15) is 44.7 Å². The minimum absolute atomic E-state index is 0.0890. The van der Waals surface area contributed by atoms with Crippen LogP contribution in [-0.2, 0) is 28.7 Å². The van der Waals surface area contributed by atoms with Crippen molar-refractivity contribution in [2.24, 2.45) is 17.8 Å². The summed E-state index contributed by atoms with van der Waals surface area (Å²) in [6.45, 7) is 3.58. The molecule has 3 amide bonds. The number of aliphatic hydroxyl groups excluding tert-OH is 1. The highest BCUT2D eigenvalue weighted by Gasteiger charge is 2.74. The SMILES string of the molecule is CC[C@H](C)[C@H](CO)N1C(=O)[C@H]2[C@@H]3C(=O)N[C@H](c4ccccc4)COC(=O)CC/C=C\CN(c4ccc(Cl)cc4)C(=O)[C@H]1[C@@]21C=C[C@@H]3O1. The molecule has 8 atom stereocenters. The average molecular weight is 662 g/mol. The summed E-state index contributed by atoms with van der Waals surface area (Å²) < 4.78 is 12.2. The molecule has 0 aromatic heterocycles. The summed E-state index contributed by atoms with van der Waals surface area (Å²) in [6, 6.07) is 13.5. The molecule has 10 nitrogen and oxygen atoms in total. The van der Waals surface area contributed by atoms with Crippen LogP contribution in [0.2, 0.25) is 5.02 Å². The van der Waals surface area contributed by atoms with Crippen molar-refractivity contribution in [3.05, 3.63) is 89.5 Å². The Kier molecular flexibility index (Phi) is 9.55. The first-order valence-corrected chi connectivity index (χ1v) is 16.6. The van der Waals surface area contributed by atoms with Crippen LogP contribution in [-0.4, -0.2) is 77.2 Å². The molecule has 0 unspecified atom stereocenters. The van der Waals surface area contributed by atoms with Gasteiger partial charge in [-0.3, -0.25) is 19.2 Å². The normalized spacial score (nSPS) is 31.4. The summed E-state index contributed by atoms with van der Waals surface area (Å²) in [5.41, 5.74) is -0.142. The topological polar surface area (TPSA) is 125 Å². The van der Waals surface area contributed by atoms with Crippen LogP contribution < -0.4 is 10.2 Å². The number of nitrogens with one attached hydrogen (secondary N) is 1. The number of allylic oxidation sites excluding steroid dienone is 1. The molecule has 47 heavy (non-hydrogen) atoms. The highest BCUT2D eigenvalue weighted by molar-refractivity contribution is 6.30. The van der Waals surface area contributed by atoms with Gasteiger partial charge in [-0.05, 0) is 42.2 Å². The van der Waals surface area contributed by atoms with Crippen molar-refractivity contribution in [2.45, 2.75) is 62.9 Å². The number of fused-ring (bicyclic) bond motifs is 2. The second-order valence-electron chi connectivity index (χ2n) is 12.7. The number of aliphatic hydroxyl groups is 1. The summed E-state index contributed by atoms with van der Waals surface area (Å²) in [7, 11) is 0. The summed E-state index contributed by atoms with van der Waals surface area (Å²) in [5, 5.41) is 14.2. The van der Waals surface area contributed by atoms with E-state index in [2.05, 4.69) is 5.32 Å². The minimum Gasteiger partial charge on any atom is -0.463 e. The van der Waals surface area contributed by atoms with E-state index in [9.17, 15) is 24.3 Å². The van der Waals surface area contributed by atoms with Crippen LogP contribution in [0.3, 0.4) is 0 Å². The molecule has 0 radical (unpaired) electrons. The lowest BCUT2D eigenvalue weighted by molar-refractivity contribution is -0.147. The molecule has 5 bridgehead atoms. The summed E-state index contributed by atoms with van der Waals surface area (Å²) in [4.78, 5) is 59.6. The number of halogens is 1. The predicted molar refractivity (Wildman–Crippen MR) is 175 cm³/mol. The molecule has 248 valence electrons. The Morgan fingerprint density at radius 1 is 1.04 bits per heavy atom. The summed E-state index contributed by atoms with van der Waals surface area (Å²) in [5.74, 6) is -3.80. The van der Waals surface area contributed by atoms with Gasteiger partial charge in [0.15, 0.2) is 0 Å². The fourth-order valence-electron chi connectivity index (χ4n) is 7.37. The molecule has 4 heterocycles. The Labute approximate surface area is 279 Å². The van der Waals surface area contributed by atoms with Gasteiger partial charge in [-0.25, -0.2) is 0 Å². The van der Waals surface area contributed by atoms with Crippen LogP contribution in [0.5, 0.6) is 0 Å². The summed E-state index contributed by atoms with van der Waals surface area (Å²) >= 11 is 6.19. The van der Waals surface area contributed by atoms with Gasteiger partial charge < -0.3 is 29.7 Å². The molecule has 0 aliphatic carbocycles. The molecule has 4 aliphatic rings. The van der Waals surface area contributed by atoms with Gasteiger partial charge in [0.05, 0.1) is 36.6 Å². The van der Waals surface area contributed by atoms with E-state index in [0.29, 0.717) is 23.6 Å². The number of hydrogen-bond donors (Lipinski definition) is 2. The van der Waals surface area contributed by atoms with Crippen molar-refractivity contribution in [1.29, 1.82) is 0 Å². The number of amides is 3. The van der Waals surface area contributed by atoms with Crippen molar-refractivity contribution in [3.63, 3.8) is 0 Å². The van der Waals surface area contributed by atoms with Gasteiger partial charge >= 0.3 is 5.97 Å². The van der Waals surface area contributed by atoms with Gasteiger partial charge in [-0.1, -0.05) is 86.5 Å². The quantitative estimate of drug-likeness (QED) is 0.354. The number of nitrogens with zero attached hydrogens (tertiary/aromatic N) is 2. The third-order valence-corrected chi connectivity index (χ3v) is 10.2. The van der Waals surface area contributed by atoms with Crippen LogP contribution in [0.25, 0.3) is 0 Å². The van der Waals surface area contributed by atoms with Gasteiger partial charge in [0.25, 0.3) is 5.91 Å². The number of ether oxygens (including phenoxy) is 2. The smallest absolute Gasteiger partial charge is 0.306 e. The fourth-order valence-corrected chi connectivity index (χ4v) is 7.50. The maximum Gasteiger partial charge on any atom is 0.306 e. The second-order valence-corrected chi connectivity index (χ2v) is 13.1. The number of esters is 1. The predicted octanol–water partition coefficient (Wildman–Crippen LogP) is 3.98. The number of cyclic esters (lactones) is 1. The number of benzene rings is 2. The average Bonchev–Trinajstić information content (AvgIpc) is 3.72. The second kappa shape index (κ2) is 13.6. The largest absolute Gasteiger partial charge is 0.463 e. The first-order valence-electron chi connectivity index (χ1n) is 16.2. The van der Waals surface area contributed by atoms with E-state index in [1.54, 1.807) is 47.4 Å². The first-order chi connectivity index (χ1) is 22.7. The van der Waals surface area contributed by atoms with Gasteiger partial charge in [0.1, 0.15) is 18.2 Å². The molecule has 2 aromatic carbocycles. The van der Waals surface area contributed by atoms with Crippen LogP contribution in [0, 0.1) is 17.8 Å². The third kappa shape index (κ3) is 5.98. The molecular formula is C36H40ClN3O7. The molecule has 4 aliphatic heterocycles. The Balaban J connectivity index is 1.47. The highest BCUT2D eigenvalue weighted by atomic mass is 35.5. The van der Waals surface area contributed by atoms with Crippen molar-refractivity contribution < 1.29 is 33.8 Å². The Morgan fingerprint density at radius 3 is 2.49 bits per heavy atom. The lowest BCUT2D eigenvalue weighted by Crippen LogP contribution is -2.59. The number of anilines is 1. The van der Waals surface area contributed by atoms with Crippen molar-refractivity contribution >= 4 is 41.0 Å². The van der Waals surface area contributed by atoms with E-state index in [1.165, 1.54) is 4.90 Å².